The molecule has 0 aromatic rings. The summed E-state index contributed by atoms with van der Waals surface area (Å²) in [6, 6.07) is 0. The van der Waals surface area contributed by atoms with Crippen LogP contribution in [0.4, 0.5) is 0 Å². The Bertz CT molecular complexity index is 420. The highest BCUT2D eigenvalue weighted by Gasteiger charge is 2.33. The second kappa shape index (κ2) is 6.19. The van der Waals surface area contributed by atoms with Crippen LogP contribution in [0.1, 0.15) is 33.1 Å². The van der Waals surface area contributed by atoms with Crippen LogP contribution in [0.25, 0.3) is 0 Å². The van der Waals surface area contributed by atoms with Gasteiger partial charge in [-0.15, -0.1) is 0 Å². The Morgan fingerprint density at radius 3 is 2.42 bits per heavy atom. The first-order chi connectivity index (χ1) is 8.68. The number of carbonyl (C=O) groups excluding carboxylic acids is 1. The molecule has 0 bridgehead atoms. The molecule has 1 aliphatic rings. The fourth-order valence-electron chi connectivity index (χ4n) is 2.42. The van der Waals surface area contributed by atoms with Crippen LogP contribution in [0, 0.1) is 0 Å². The third-order valence-electron chi connectivity index (χ3n) is 3.47. The molecule has 0 aromatic heterocycles. The maximum absolute atomic E-state index is 12.4. The number of nitrogens with two attached hydrogens (primary N) is 1. The van der Waals surface area contributed by atoms with Crippen molar-refractivity contribution in [2.45, 2.75) is 38.6 Å². The van der Waals surface area contributed by atoms with Crippen molar-refractivity contribution in [3.63, 3.8) is 0 Å². The molecule has 1 heterocycles. The monoisotopic (exact) mass is 291 g/mol. The molecule has 0 saturated carbocycles. The number of rotatable bonds is 4. The number of sulfonamides is 1. The highest BCUT2D eigenvalue weighted by Crippen LogP contribution is 2.15. The maximum atomic E-state index is 12.4. The zero-order valence-electron chi connectivity index (χ0n) is 12.1. The highest BCUT2D eigenvalue weighted by atomic mass is 32.2. The lowest BCUT2D eigenvalue weighted by Gasteiger charge is -2.30. The lowest BCUT2D eigenvalue weighted by atomic mass is 9.95. The van der Waals surface area contributed by atoms with Gasteiger partial charge in [-0.25, -0.2) is 12.7 Å². The SMILES string of the molecule is CCCC(C)(N)C(=O)N1CCCN(S(C)(=O)=O)CC1. The number of hydrogen-bond donors (Lipinski definition) is 1. The summed E-state index contributed by atoms with van der Waals surface area (Å²) in [4.78, 5) is 14.0. The van der Waals surface area contributed by atoms with Gasteiger partial charge in [0, 0.05) is 26.2 Å². The Balaban J connectivity index is 2.70. The third-order valence-corrected chi connectivity index (χ3v) is 4.77. The Morgan fingerprint density at radius 1 is 1.26 bits per heavy atom. The van der Waals surface area contributed by atoms with Gasteiger partial charge in [-0.05, 0) is 19.8 Å². The van der Waals surface area contributed by atoms with Crippen LogP contribution >= 0.6 is 0 Å². The van der Waals surface area contributed by atoms with Crippen LogP contribution < -0.4 is 5.73 Å². The van der Waals surface area contributed by atoms with Gasteiger partial charge in [-0.2, -0.15) is 0 Å². The van der Waals surface area contributed by atoms with Crippen LogP contribution in [0.15, 0.2) is 0 Å². The standard InChI is InChI=1S/C12H25N3O3S/c1-4-6-12(2,13)11(16)14-7-5-8-15(10-9-14)19(3,17)18/h4-10,13H2,1-3H3. The van der Waals surface area contributed by atoms with Gasteiger partial charge in [0.05, 0.1) is 11.8 Å². The summed E-state index contributed by atoms with van der Waals surface area (Å²) in [7, 11) is -3.18. The first-order valence-electron chi connectivity index (χ1n) is 6.72. The second-order valence-corrected chi connectivity index (χ2v) is 7.46. The van der Waals surface area contributed by atoms with Crippen molar-refractivity contribution in [1.82, 2.24) is 9.21 Å². The largest absolute Gasteiger partial charge is 0.340 e. The average Bonchev–Trinajstić information content (AvgIpc) is 2.52. The van der Waals surface area contributed by atoms with E-state index in [0.29, 0.717) is 39.0 Å². The molecule has 1 fully saturated rings. The molecule has 6 nitrogen and oxygen atoms in total. The van der Waals surface area contributed by atoms with E-state index in [4.69, 9.17) is 5.73 Å². The van der Waals surface area contributed by atoms with E-state index in [9.17, 15) is 13.2 Å². The van der Waals surface area contributed by atoms with Crippen molar-refractivity contribution in [2.24, 2.45) is 5.73 Å². The fourth-order valence-corrected chi connectivity index (χ4v) is 3.29. The third kappa shape index (κ3) is 4.43. The second-order valence-electron chi connectivity index (χ2n) is 5.48. The van der Waals surface area contributed by atoms with E-state index in [1.807, 2.05) is 6.92 Å². The first kappa shape index (κ1) is 16.4. The Labute approximate surface area is 116 Å². The Hall–Kier alpha value is -0.660. The molecule has 1 atom stereocenters. The van der Waals surface area contributed by atoms with Crippen molar-refractivity contribution in [3.8, 4) is 0 Å². The molecule has 1 rings (SSSR count). The van der Waals surface area contributed by atoms with Gasteiger partial charge in [-0.3, -0.25) is 4.79 Å². The van der Waals surface area contributed by atoms with Gasteiger partial charge in [0.25, 0.3) is 0 Å². The van der Waals surface area contributed by atoms with Gasteiger partial charge in [-0.1, -0.05) is 13.3 Å². The minimum absolute atomic E-state index is 0.0790. The van der Waals surface area contributed by atoms with Crippen LogP contribution in [-0.2, 0) is 14.8 Å². The minimum atomic E-state index is -3.18. The van der Waals surface area contributed by atoms with Gasteiger partial charge in [0.2, 0.25) is 15.9 Å². The maximum Gasteiger partial charge on any atom is 0.242 e. The van der Waals surface area contributed by atoms with Gasteiger partial charge >= 0.3 is 0 Å². The van der Waals surface area contributed by atoms with Gasteiger partial charge < -0.3 is 10.6 Å². The summed E-state index contributed by atoms with van der Waals surface area (Å²) in [5.74, 6) is -0.0790. The lowest BCUT2D eigenvalue weighted by Crippen LogP contribution is -2.54. The predicted octanol–water partition coefficient (Wildman–Crippen LogP) is -0.00220. The van der Waals surface area contributed by atoms with Crippen molar-refractivity contribution in [2.75, 3.05) is 32.4 Å². The summed E-state index contributed by atoms with van der Waals surface area (Å²) in [6.45, 7) is 5.55. The molecule has 0 spiro atoms. The Morgan fingerprint density at radius 2 is 1.89 bits per heavy atom. The number of hydrogen-bond acceptors (Lipinski definition) is 4. The molecule has 19 heavy (non-hydrogen) atoms. The quantitative estimate of drug-likeness (QED) is 0.790. The van der Waals surface area contributed by atoms with E-state index in [1.54, 1.807) is 11.8 Å². The molecule has 1 saturated heterocycles. The zero-order valence-corrected chi connectivity index (χ0v) is 12.9. The Kier molecular flexibility index (Phi) is 5.34. The van der Waals surface area contributed by atoms with E-state index in [1.165, 1.54) is 10.6 Å². The molecular formula is C12H25N3O3S. The van der Waals surface area contributed by atoms with Crippen LogP contribution in [0.2, 0.25) is 0 Å². The molecule has 2 N–H and O–H groups in total. The van der Waals surface area contributed by atoms with E-state index in [0.717, 1.165) is 6.42 Å². The topological polar surface area (TPSA) is 83.7 Å². The lowest BCUT2D eigenvalue weighted by molar-refractivity contribution is -0.136. The van der Waals surface area contributed by atoms with Crippen LogP contribution in [0.3, 0.4) is 0 Å². The zero-order chi connectivity index (χ0) is 14.7. The van der Waals surface area contributed by atoms with E-state index in [2.05, 4.69) is 0 Å². The summed E-state index contributed by atoms with van der Waals surface area (Å²) < 4.78 is 24.5. The van der Waals surface area contributed by atoms with Crippen LogP contribution in [-0.4, -0.2) is 61.5 Å². The number of amides is 1. The van der Waals surface area contributed by atoms with Gasteiger partial charge in [0.15, 0.2) is 0 Å². The molecule has 0 aliphatic carbocycles. The van der Waals surface area contributed by atoms with Gasteiger partial charge in [0.1, 0.15) is 0 Å². The molecule has 0 aromatic carbocycles. The first-order valence-corrected chi connectivity index (χ1v) is 8.56. The normalized spacial score (nSPS) is 21.8. The van der Waals surface area contributed by atoms with Crippen molar-refractivity contribution >= 4 is 15.9 Å². The van der Waals surface area contributed by atoms with Crippen molar-refractivity contribution in [1.29, 1.82) is 0 Å². The van der Waals surface area contributed by atoms with Crippen molar-refractivity contribution in [3.05, 3.63) is 0 Å². The fraction of sp³-hybridized carbons (Fsp3) is 0.917. The van der Waals surface area contributed by atoms with Crippen molar-refractivity contribution < 1.29 is 13.2 Å². The molecule has 7 heteroatoms. The minimum Gasteiger partial charge on any atom is -0.340 e. The highest BCUT2D eigenvalue weighted by molar-refractivity contribution is 7.88. The molecular weight excluding hydrogens is 266 g/mol. The molecule has 1 aliphatic heterocycles. The molecule has 112 valence electrons. The molecule has 1 unspecified atom stereocenters. The molecule has 0 radical (unpaired) electrons. The predicted molar refractivity (Wildman–Crippen MR) is 75.1 cm³/mol. The smallest absolute Gasteiger partial charge is 0.242 e. The summed E-state index contributed by atoms with van der Waals surface area (Å²) in [6.07, 6.45) is 3.34. The van der Waals surface area contributed by atoms with Crippen LogP contribution in [0.5, 0.6) is 0 Å². The van der Waals surface area contributed by atoms with E-state index in [-0.39, 0.29) is 5.91 Å². The van der Waals surface area contributed by atoms with E-state index < -0.39 is 15.6 Å². The average molecular weight is 291 g/mol. The molecule has 1 amide bonds. The summed E-state index contributed by atoms with van der Waals surface area (Å²) in [5, 5.41) is 0. The number of nitrogens with zero attached hydrogens (tertiary/aromatic N) is 2. The summed E-state index contributed by atoms with van der Waals surface area (Å²) >= 11 is 0. The summed E-state index contributed by atoms with van der Waals surface area (Å²) in [5.41, 5.74) is 5.20. The number of carbonyl (C=O) groups is 1. The van der Waals surface area contributed by atoms with E-state index >= 15 is 0 Å².